The molecule has 1 aromatic carbocycles. The lowest BCUT2D eigenvalue weighted by atomic mass is 10.1. The van der Waals surface area contributed by atoms with Crippen LogP contribution in [-0.2, 0) is 11.3 Å². The van der Waals surface area contributed by atoms with Crippen LogP contribution in [0.4, 0.5) is 9.18 Å². The molecule has 0 saturated heterocycles. The quantitative estimate of drug-likeness (QED) is 0.703. The zero-order valence-electron chi connectivity index (χ0n) is 12.1. The predicted molar refractivity (Wildman–Crippen MR) is 76.2 cm³/mol. The number of nitrogens with one attached hydrogen (secondary N) is 2. The molecule has 0 aliphatic rings. The van der Waals surface area contributed by atoms with Gasteiger partial charge < -0.3 is 15.8 Å². The van der Waals surface area contributed by atoms with Gasteiger partial charge in [0.1, 0.15) is 0 Å². The first-order chi connectivity index (χ1) is 9.90. The van der Waals surface area contributed by atoms with E-state index in [-0.39, 0.29) is 5.75 Å². The van der Waals surface area contributed by atoms with E-state index in [2.05, 4.69) is 19.2 Å². The average molecular weight is 297 g/mol. The van der Waals surface area contributed by atoms with Crippen LogP contribution in [0.2, 0.25) is 0 Å². The van der Waals surface area contributed by atoms with Gasteiger partial charge in [0.2, 0.25) is 0 Å². The molecule has 116 valence electrons. The Labute approximate surface area is 122 Å². The van der Waals surface area contributed by atoms with Crippen molar-refractivity contribution >= 4 is 11.9 Å². The van der Waals surface area contributed by atoms with Gasteiger partial charge in [-0.05, 0) is 18.5 Å². The third kappa shape index (κ3) is 6.22. The minimum absolute atomic E-state index is 0.00613. The molecule has 4 N–H and O–H groups in total. The summed E-state index contributed by atoms with van der Waals surface area (Å²) in [6.45, 7) is 4.83. The Bertz CT molecular complexity index is 506. The molecule has 0 aliphatic heterocycles. The van der Waals surface area contributed by atoms with E-state index in [0.717, 1.165) is 6.54 Å². The maximum absolute atomic E-state index is 13.8. The van der Waals surface area contributed by atoms with Crippen LogP contribution in [-0.4, -0.2) is 25.1 Å². The zero-order valence-corrected chi connectivity index (χ0v) is 12.1. The second kappa shape index (κ2) is 8.21. The number of rotatable bonds is 7. The maximum atomic E-state index is 13.8. The SMILES string of the molecule is CC(C)CNCc1cccc(F)c1OCC(=O)NC(N)=O. The molecule has 6 nitrogen and oxygen atoms in total. The first-order valence-electron chi connectivity index (χ1n) is 6.60. The molecular weight excluding hydrogens is 277 g/mol. The molecule has 1 aromatic rings. The molecule has 0 aromatic heterocycles. The van der Waals surface area contributed by atoms with Crippen LogP contribution < -0.4 is 21.1 Å². The average Bonchev–Trinajstić information content (AvgIpc) is 2.36. The van der Waals surface area contributed by atoms with E-state index in [1.54, 1.807) is 12.1 Å². The number of para-hydroxylation sites is 1. The summed E-state index contributed by atoms with van der Waals surface area (Å²) in [6, 6.07) is 3.54. The maximum Gasteiger partial charge on any atom is 0.318 e. The van der Waals surface area contributed by atoms with E-state index in [9.17, 15) is 14.0 Å². The van der Waals surface area contributed by atoms with Crippen LogP contribution in [0.15, 0.2) is 18.2 Å². The van der Waals surface area contributed by atoms with E-state index < -0.39 is 24.4 Å². The van der Waals surface area contributed by atoms with Crippen LogP contribution in [0, 0.1) is 11.7 Å². The van der Waals surface area contributed by atoms with Gasteiger partial charge in [-0.3, -0.25) is 10.1 Å². The third-order valence-electron chi connectivity index (χ3n) is 2.53. The molecule has 0 radical (unpaired) electrons. The van der Waals surface area contributed by atoms with Crippen molar-refractivity contribution in [3.8, 4) is 5.75 Å². The fourth-order valence-electron chi connectivity index (χ4n) is 1.66. The van der Waals surface area contributed by atoms with E-state index in [0.29, 0.717) is 18.0 Å². The lowest BCUT2D eigenvalue weighted by Gasteiger charge is -2.13. The normalized spacial score (nSPS) is 10.5. The summed E-state index contributed by atoms with van der Waals surface area (Å²) in [5.74, 6) is -0.838. The van der Waals surface area contributed by atoms with Crippen molar-refractivity contribution in [3.05, 3.63) is 29.6 Å². The summed E-state index contributed by atoms with van der Waals surface area (Å²) >= 11 is 0. The van der Waals surface area contributed by atoms with Crippen molar-refractivity contribution in [2.45, 2.75) is 20.4 Å². The van der Waals surface area contributed by atoms with Gasteiger partial charge in [-0.2, -0.15) is 0 Å². The first-order valence-corrected chi connectivity index (χ1v) is 6.60. The van der Waals surface area contributed by atoms with Crippen LogP contribution in [0.3, 0.4) is 0 Å². The molecule has 0 atom stereocenters. The lowest BCUT2D eigenvalue weighted by molar-refractivity contribution is -0.122. The Morgan fingerprint density at radius 3 is 2.71 bits per heavy atom. The Morgan fingerprint density at radius 2 is 2.10 bits per heavy atom. The number of amides is 3. The molecule has 3 amide bonds. The molecule has 21 heavy (non-hydrogen) atoms. The molecule has 0 fully saturated rings. The summed E-state index contributed by atoms with van der Waals surface area (Å²) in [6.07, 6.45) is 0. The number of carbonyl (C=O) groups excluding carboxylic acids is 2. The molecule has 0 aliphatic carbocycles. The van der Waals surface area contributed by atoms with Crippen molar-refractivity contribution in [1.29, 1.82) is 0 Å². The number of halogens is 1. The van der Waals surface area contributed by atoms with Crippen LogP contribution >= 0.6 is 0 Å². The second-order valence-corrected chi connectivity index (χ2v) is 4.95. The van der Waals surface area contributed by atoms with E-state index >= 15 is 0 Å². The van der Waals surface area contributed by atoms with Gasteiger partial charge in [0.05, 0.1) is 0 Å². The fourth-order valence-corrected chi connectivity index (χ4v) is 1.66. The lowest BCUT2D eigenvalue weighted by Crippen LogP contribution is -2.38. The van der Waals surface area contributed by atoms with Crippen LogP contribution in [0.1, 0.15) is 19.4 Å². The minimum Gasteiger partial charge on any atom is -0.480 e. The van der Waals surface area contributed by atoms with E-state index in [1.165, 1.54) is 6.07 Å². The fraction of sp³-hybridized carbons (Fsp3) is 0.429. The highest BCUT2D eigenvalue weighted by Gasteiger charge is 2.12. The van der Waals surface area contributed by atoms with Crippen LogP contribution in [0.25, 0.3) is 0 Å². The number of carbonyl (C=O) groups is 2. The van der Waals surface area contributed by atoms with Crippen molar-refractivity contribution in [2.75, 3.05) is 13.2 Å². The molecule has 1 rings (SSSR count). The Kier molecular flexibility index (Phi) is 6.61. The molecule has 7 heteroatoms. The topological polar surface area (TPSA) is 93.4 Å². The van der Waals surface area contributed by atoms with Gasteiger partial charge in [-0.25, -0.2) is 9.18 Å². The summed E-state index contributed by atoms with van der Waals surface area (Å²) in [7, 11) is 0. The van der Waals surface area contributed by atoms with Gasteiger partial charge in [0.15, 0.2) is 18.2 Å². The molecule has 0 bridgehead atoms. The number of nitrogens with two attached hydrogens (primary N) is 1. The molecule has 0 saturated carbocycles. The highest BCUT2D eigenvalue weighted by Crippen LogP contribution is 2.22. The molecular formula is C14H20FN3O3. The highest BCUT2D eigenvalue weighted by molar-refractivity contribution is 5.94. The molecule has 0 heterocycles. The number of ether oxygens (including phenoxy) is 1. The number of primary amides is 1. The number of imide groups is 1. The van der Waals surface area contributed by atoms with Crippen molar-refractivity contribution < 1.29 is 18.7 Å². The number of benzene rings is 1. The van der Waals surface area contributed by atoms with Gasteiger partial charge in [-0.15, -0.1) is 0 Å². The van der Waals surface area contributed by atoms with E-state index in [4.69, 9.17) is 10.5 Å². The monoisotopic (exact) mass is 297 g/mol. The molecule has 0 spiro atoms. The number of urea groups is 1. The number of hydrogen-bond donors (Lipinski definition) is 3. The Morgan fingerprint density at radius 1 is 1.38 bits per heavy atom. The summed E-state index contributed by atoms with van der Waals surface area (Å²) in [4.78, 5) is 21.8. The summed E-state index contributed by atoms with van der Waals surface area (Å²) in [5, 5.41) is 5.01. The van der Waals surface area contributed by atoms with Crippen LogP contribution in [0.5, 0.6) is 5.75 Å². The smallest absolute Gasteiger partial charge is 0.318 e. The van der Waals surface area contributed by atoms with Crippen molar-refractivity contribution in [3.63, 3.8) is 0 Å². The van der Waals surface area contributed by atoms with Gasteiger partial charge >= 0.3 is 6.03 Å². The standard InChI is InChI=1S/C14H20FN3O3/c1-9(2)6-17-7-10-4-3-5-11(15)13(10)21-8-12(19)18-14(16)20/h3-5,9,17H,6-8H2,1-2H3,(H3,16,18,19,20). The van der Waals surface area contributed by atoms with E-state index in [1.807, 2.05) is 5.32 Å². The van der Waals surface area contributed by atoms with Gasteiger partial charge in [0.25, 0.3) is 5.91 Å². The summed E-state index contributed by atoms with van der Waals surface area (Å²) in [5.41, 5.74) is 5.41. The zero-order chi connectivity index (χ0) is 15.8. The first kappa shape index (κ1) is 16.9. The third-order valence-corrected chi connectivity index (χ3v) is 2.53. The summed E-state index contributed by atoms with van der Waals surface area (Å²) < 4.78 is 18.9. The predicted octanol–water partition coefficient (Wildman–Crippen LogP) is 1.14. The Hall–Kier alpha value is -2.15. The molecule has 0 unspecified atom stereocenters. The van der Waals surface area contributed by atoms with Gasteiger partial charge in [0, 0.05) is 12.1 Å². The van der Waals surface area contributed by atoms with Crippen molar-refractivity contribution in [1.82, 2.24) is 10.6 Å². The van der Waals surface area contributed by atoms with Gasteiger partial charge in [-0.1, -0.05) is 26.0 Å². The Balaban J connectivity index is 2.66. The van der Waals surface area contributed by atoms with Crippen molar-refractivity contribution in [2.24, 2.45) is 11.7 Å². The highest BCUT2D eigenvalue weighted by atomic mass is 19.1. The second-order valence-electron chi connectivity index (χ2n) is 4.95. The number of hydrogen-bond acceptors (Lipinski definition) is 4. The minimum atomic E-state index is -0.976. The largest absolute Gasteiger partial charge is 0.480 e.